The van der Waals surface area contributed by atoms with Gasteiger partial charge in [-0.25, -0.2) is 5.43 Å². The van der Waals surface area contributed by atoms with Crippen molar-refractivity contribution >= 4 is 23.7 Å². The Bertz CT molecular complexity index is 793. The Morgan fingerprint density at radius 1 is 1.27 bits per heavy atom. The number of aromatic hydroxyl groups is 1. The van der Waals surface area contributed by atoms with Crippen LogP contribution in [0.2, 0.25) is 5.02 Å². The Labute approximate surface area is 157 Å². The molecule has 0 radical (unpaired) electrons. The first-order valence-electron chi connectivity index (χ1n) is 8.07. The molecular weight excluding hydrogens is 356 g/mol. The van der Waals surface area contributed by atoms with Crippen molar-refractivity contribution in [2.75, 3.05) is 13.7 Å². The minimum absolute atomic E-state index is 0.0115. The number of amides is 1. The smallest absolute Gasteiger partial charge is 0.240 e. The van der Waals surface area contributed by atoms with E-state index >= 15 is 0 Å². The van der Waals surface area contributed by atoms with E-state index in [-0.39, 0.29) is 18.1 Å². The minimum Gasteiger partial charge on any atom is -0.504 e. The molecule has 0 heterocycles. The van der Waals surface area contributed by atoms with E-state index in [1.54, 1.807) is 18.2 Å². The summed E-state index contributed by atoms with van der Waals surface area (Å²) in [6, 6.07) is 10.2. The fourth-order valence-corrected chi connectivity index (χ4v) is 2.44. The van der Waals surface area contributed by atoms with Gasteiger partial charge in [-0.2, -0.15) is 5.10 Å². The van der Waals surface area contributed by atoms with E-state index in [4.69, 9.17) is 21.1 Å². The van der Waals surface area contributed by atoms with Gasteiger partial charge in [-0.3, -0.25) is 4.79 Å². The molecule has 26 heavy (non-hydrogen) atoms. The quantitative estimate of drug-likeness (QED) is 0.418. The average Bonchev–Trinajstić information content (AvgIpc) is 2.60. The number of carbonyl (C=O) groups is 1. The van der Waals surface area contributed by atoms with Crippen LogP contribution in [0.3, 0.4) is 0 Å². The summed E-state index contributed by atoms with van der Waals surface area (Å²) >= 11 is 5.89. The highest BCUT2D eigenvalue weighted by Gasteiger charge is 2.03. The van der Waals surface area contributed by atoms with Crippen LogP contribution < -0.4 is 14.9 Å². The van der Waals surface area contributed by atoms with E-state index in [1.807, 2.05) is 19.1 Å². The standard InChI is InChI=1S/C19H21ClN2O4/c1-13-10-15(20)6-8-17(13)26-9-3-4-19(24)22-21-12-14-5-7-18(25-2)16(23)11-14/h5-8,10-12,23H,3-4,9H2,1-2H3,(H,22,24). The van der Waals surface area contributed by atoms with Gasteiger partial charge in [0.05, 0.1) is 19.9 Å². The Morgan fingerprint density at radius 3 is 2.73 bits per heavy atom. The highest BCUT2D eigenvalue weighted by molar-refractivity contribution is 6.30. The monoisotopic (exact) mass is 376 g/mol. The number of nitrogens with zero attached hydrogens (tertiary/aromatic N) is 1. The Hall–Kier alpha value is -2.73. The Kier molecular flexibility index (Phi) is 7.29. The lowest BCUT2D eigenvalue weighted by atomic mass is 10.2. The van der Waals surface area contributed by atoms with Crippen LogP contribution in [0.15, 0.2) is 41.5 Å². The number of phenolic OH excluding ortho intramolecular Hbond substituents is 1. The SMILES string of the molecule is COc1ccc(C=NNC(=O)CCCOc2ccc(Cl)cc2C)cc1O. The van der Waals surface area contributed by atoms with Crippen LogP contribution in [0.1, 0.15) is 24.0 Å². The van der Waals surface area contributed by atoms with Gasteiger partial charge in [0.2, 0.25) is 5.91 Å². The number of ether oxygens (including phenoxy) is 2. The fraction of sp³-hybridized carbons (Fsp3) is 0.263. The van der Waals surface area contributed by atoms with Gasteiger partial charge in [0, 0.05) is 11.4 Å². The molecule has 138 valence electrons. The molecule has 0 aromatic heterocycles. The van der Waals surface area contributed by atoms with E-state index in [1.165, 1.54) is 19.4 Å². The lowest BCUT2D eigenvalue weighted by Crippen LogP contribution is -2.18. The largest absolute Gasteiger partial charge is 0.504 e. The van der Waals surface area contributed by atoms with Crippen molar-refractivity contribution < 1.29 is 19.4 Å². The third-order valence-corrected chi connectivity index (χ3v) is 3.78. The molecule has 7 heteroatoms. The van der Waals surface area contributed by atoms with E-state index in [0.29, 0.717) is 29.4 Å². The summed E-state index contributed by atoms with van der Waals surface area (Å²) < 4.78 is 10.6. The summed E-state index contributed by atoms with van der Waals surface area (Å²) in [5, 5.41) is 14.2. The third-order valence-electron chi connectivity index (χ3n) is 3.55. The van der Waals surface area contributed by atoms with Gasteiger partial charge >= 0.3 is 0 Å². The molecule has 1 amide bonds. The number of methoxy groups -OCH3 is 1. The molecule has 2 N–H and O–H groups in total. The molecule has 0 saturated heterocycles. The number of carbonyl (C=O) groups excluding carboxylic acids is 1. The number of aryl methyl sites for hydroxylation is 1. The lowest BCUT2D eigenvalue weighted by molar-refractivity contribution is -0.121. The Morgan fingerprint density at radius 2 is 2.04 bits per heavy atom. The molecule has 0 fully saturated rings. The van der Waals surface area contributed by atoms with Gasteiger partial charge in [0.25, 0.3) is 0 Å². The van der Waals surface area contributed by atoms with Crippen LogP contribution in [-0.2, 0) is 4.79 Å². The number of benzene rings is 2. The van der Waals surface area contributed by atoms with Crippen molar-refractivity contribution in [3.8, 4) is 17.2 Å². The zero-order valence-electron chi connectivity index (χ0n) is 14.7. The number of rotatable bonds is 8. The van der Waals surface area contributed by atoms with Gasteiger partial charge in [-0.15, -0.1) is 0 Å². The molecule has 0 spiro atoms. The summed E-state index contributed by atoms with van der Waals surface area (Å²) in [4.78, 5) is 11.8. The molecule has 0 unspecified atom stereocenters. The summed E-state index contributed by atoms with van der Waals surface area (Å²) in [5.41, 5.74) is 4.04. The molecule has 0 aliphatic carbocycles. The second kappa shape index (κ2) is 9.68. The van der Waals surface area contributed by atoms with Crippen LogP contribution in [0.5, 0.6) is 17.2 Å². The zero-order valence-corrected chi connectivity index (χ0v) is 15.4. The van der Waals surface area contributed by atoms with Gasteiger partial charge in [0.1, 0.15) is 5.75 Å². The summed E-state index contributed by atoms with van der Waals surface area (Å²) in [6.45, 7) is 2.34. The van der Waals surface area contributed by atoms with E-state index < -0.39 is 0 Å². The lowest BCUT2D eigenvalue weighted by Gasteiger charge is -2.08. The molecule has 0 aliphatic heterocycles. The normalized spacial score (nSPS) is 10.7. The molecule has 0 atom stereocenters. The predicted molar refractivity (Wildman–Crippen MR) is 101 cm³/mol. The maximum absolute atomic E-state index is 11.8. The van der Waals surface area contributed by atoms with E-state index in [9.17, 15) is 9.90 Å². The van der Waals surface area contributed by atoms with Gasteiger partial charge in [0.15, 0.2) is 11.5 Å². The summed E-state index contributed by atoms with van der Waals surface area (Å²) in [5.74, 6) is 0.932. The topological polar surface area (TPSA) is 80.2 Å². The second-order valence-corrected chi connectivity index (χ2v) is 6.02. The first-order valence-corrected chi connectivity index (χ1v) is 8.45. The molecule has 2 aromatic carbocycles. The number of hydrazone groups is 1. The van der Waals surface area contributed by atoms with Crippen LogP contribution >= 0.6 is 11.6 Å². The first-order chi connectivity index (χ1) is 12.5. The highest BCUT2D eigenvalue weighted by atomic mass is 35.5. The van der Waals surface area contributed by atoms with Gasteiger partial charge in [-0.05, 0) is 60.9 Å². The molecule has 6 nitrogen and oxygen atoms in total. The van der Waals surface area contributed by atoms with E-state index in [2.05, 4.69) is 10.5 Å². The van der Waals surface area contributed by atoms with Crippen LogP contribution in [0, 0.1) is 6.92 Å². The molecule has 0 bridgehead atoms. The maximum atomic E-state index is 11.8. The van der Waals surface area contributed by atoms with Gasteiger partial charge in [-0.1, -0.05) is 11.6 Å². The van der Waals surface area contributed by atoms with Crippen LogP contribution in [0.4, 0.5) is 0 Å². The van der Waals surface area contributed by atoms with Crippen molar-refractivity contribution in [1.82, 2.24) is 5.43 Å². The van der Waals surface area contributed by atoms with Crippen molar-refractivity contribution in [2.24, 2.45) is 5.10 Å². The first kappa shape index (κ1) is 19.6. The van der Waals surface area contributed by atoms with Crippen molar-refractivity contribution in [3.63, 3.8) is 0 Å². The van der Waals surface area contributed by atoms with Crippen molar-refractivity contribution in [1.29, 1.82) is 0 Å². The number of nitrogens with one attached hydrogen (secondary N) is 1. The molecule has 0 saturated carbocycles. The fourth-order valence-electron chi connectivity index (χ4n) is 2.21. The van der Waals surface area contributed by atoms with E-state index in [0.717, 1.165) is 11.3 Å². The summed E-state index contributed by atoms with van der Waals surface area (Å²) in [7, 11) is 1.47. The van der Waals surface area contributed by atoms with Gasteiger partial charge < -0.3 is 14.6 Å². The van der Waals surface area contributed by atoms with Crippen LogP contribution in [0.25, 0.3) is 0 Å². The third kappa shape index (κ3) is 5.97. The molecule has 0 aliphatic rings. The maximum Gasteiger partial charge on any atom is 0.240 e. The number of phenols is 1. The minimum atomic E-state index is -0.213. The second-order valence-electron chi connectivity index (χ2n) is 5.59. The number of hydrogen-bond donors (Lipinski definition) is 2. The number of halogens is 1. The zero-order chi connectivity index (χ0) is 18.9. The highest BCUT2D eigenvalue weighted by Crippen LogP contribution is 2.25. The van der Waals surface area contributed by atoms with Crippen LogP contribution in [-0.4, -0.2) is 30.9 Å². The predicted octanol–water partition coefficient (Wildman–Crippen LogP) is 3.67. The number of hydrogen-bond acceptors (Lipinski definition) is 5. The molecular formula is C19H21ClN2O4. The average molecular weight is 377 g/mol. The molecule has 2 rings (SSSR count). The molecule has 2 aromatic rings. The van der Waals surface area contributed by atoms with Crippen molar-refractivity contribution in [3.05, 3.63) is 52.5 Å². The summed E-state index contributed by atoms with van der Waals surface area (Å²) in [6.07, 6.45) is 2.30. The van der Waals surface area contributed by atoms with Crippen molar-refractivity contribution in [2.45, 2.75) is 19.8 Å². The Balaban J connectivity index is 1.71.